The molecule has 2 aromatic rings. The number of amides is 2. The van der Waals surface area contributed by atoms with Crippen molar-refractivity contribution in [2.45, 2.75) is 32.0 Å². The van der Waals surface area contributed by atoms with E-state index in [4.69, 9.17) is 4.74 Å². The largest absolute Gasteiger partial charge is 0.497 e. The molecule has 8 nitrogen and oxygen atoms in total. The molecule has 1 fully saturated rings. The molecule has 2 N–H and O–H groups in total. The maximum absolute atomic E-state index is 12.9. The van der Waals surface area contributed by atoms with Crippen LogP contribution in [-0.2, 0) is 29.1 Å². The molecule has 2 amide bonds. The minimum atomic E-state index is -0.460. The van der Waals surface area contributed by atoms with Gasteiger partial charge >= 0.3 is 0 Å². The minimum Gasteiger partial charge on any atom is -0.497 e. The number of aromatic nitrogens is 2. The Labute approximate surface area is 163 Å². The third-order valence-electron chi connectivity index (χ3n) is 5.48. The van der Waals surface area contributed by atoms with Crippen molar-refractivity contribution in [2.75, 3.05) is 26.7 Å². The van der Waals surface area contributed by atoms with Crippen LogP contribution in [0.1, 0.15) is 23.2 Å². The summed E-state index contributed by atoms with van der Waals surface area (Å²) in [5.74, 6) is 0.712. The highest BCUT2D eigenvalue weighted by molar-refractivity contribution is 5.89. The first-order valence-corrected chi connectivity index (χ1v) is 9.57. The SMILES string of the molecule is COc1cccc(CN2CCNC(=O)[C@H]2CC(=O)N2CCc3[nH]ncc3C2)c1. The Kier molecular flexibility index (Phi) is 5.29. The summed E-state index contributed by atoms with van der Waals surface area (Å²) in [6.45, 7) is 3.12. The molecule has 2 aliphatic heterocycles. The van der Waals surface area contributed by atoms with Crippen molar-refractivity contribution in [1.82, 2.24) is 25.3 Å². The van der Waals surface area contributed by atoms with Crippen LogP contribution >= 0.6 is 0 Å². The molecule has 2 aliphatic rings. The van der Waals surface area contributed by atoms with Crippen molar-refractivity contribution in [2.24, 2.45) is 0 Å². The monoisotopic (exact) mass is 383 g/mol. The molecule has 0 bridgehead atoms. The molecule has 0 saturated carbocycles. The van der Waals surface area contributed by atoms with Crippen molar-refractivity contribution < 1.29 is 14.3 Å². The molecule has 0 aliphatic carbocycles. The highest BCUT2D eigenvalue weighted by atomic mass is 16.5. The van der Waals surface area contributed by atoms with Gasteiger partial charge in [-0.2, -0.15) is 5.10 Å². The van der Waals surface area contributed by atoms with Crippen LogP contribution < -0.4 is 10.1 Å². The van der Waals surface area contributed by atoms with E-state index in [-0.39, 0.29) is 18.2 Å². The van der Waals surface area contributed by atoms with Crippen LogP contribution in [0, 0.1) is 0 Å². The number of nitrogens with one attached hydrogen (secondary N) is 2. The van der Waals surface area contributed by atoms with Gasteiger partial charge in [0, 0.05) is 50.4 Å². The lowest BCUT2D eigenvalue weighted by atomic mass is 10.0. The molecule has 3 heterocycles. The molecule has 1 aromatic heterocycles. The Morgan fingerprint density at radius 2 is 2.25 bits per heavy atom. The molecule has 1 saturated heterocycles. The zero-order chi connectivity index (χ0) is 19.5. The van der Waals surface area contributed by atoms with E-state index in [9.17, 15) is 9.59 Å². The van der Waals surface area contributed by atoms with Gasteiger partial charge < -0.3 is 15.0 Å². The van der Waals surface area contributed by atoms with Gasteiger partial charge in [0.1, 0.15) is 5.75 Å². The van der Waals surface area contributed by atoms with Crippen molar-refractivity contribution in [3.8, 4) is 5.75 Å². The third kappa shape index (κ3) is 3.87. The third-order valence-corrected chi connectivity index (χ3v) is 5.48. The average molecular weight is 383 g/mol. The summed E-state index contributed by atoms with van der Waals surface area (Å²) in [4.78, 5) is 29.3. The van der Waals surface area contributed by atoms with Gasteiger partial charge in [0.2, 0.25) is 11.8 Å². The standard InChI is InChI=1S/C20H25N5O3/c1-28-16-4-2-3-14(9-16)12-24-8-6-21-20(27)18(24)10-19(26)25-7-5-17-15(13-25)11-22-23-17/h2-4,9,11,18H,5-8,10,12-13H2,1H3,(H,21,27)(H,22,23)/t18-/m1/s1. The summed E-state index contributed by atoms with van der Waals surface area (Å²) < 4.78 is 5.29. The fourth-order valence-corrected chi connectivity index (χ4v) is 3.91. The molecule has 28 heavy (non-hydrogen) atoms. The van der Waals surface area contributed by atoms with E-state index in [0.29, 0.717) is 32.7 Å². The van der Waals surface area contributed by atoms with E-state index >= 15 is 0 Å². The number of hydrogen-bond acceptors (Lipinski definition) is 5. The lowest BCUT2D eigenvalue weighted by molar-refractivity contribution is -0.139. The van der Waals surface area contributed by atoms with Crippen molar-refractivity contribution in [3.63, 3.8) is 0 Å². The zero-order valence-electron chi connectivity index (χ0n) is 16.0. The van der Waals surface area contributed by atoms with Crippen molar-refractivity contribution in [3.05, 3.63) is 47.3 Å². The van der Waals surface area contributed by atoms with Gasteiger partial charge in [-0.3, -0.25) is 19.6 Å². The minimum absolute atomic E-state index is 0.00421. The van der Waals surface area contributed by atoms with E-state index in [2.05, 4.69) is 20.4 Å². The molecule has 8 heteroatoms. The molecule has 0 spiro atoms. The second kappa shape index (κ2) is 8.02. The first-order valence-electron chi connectivity index (χ1n) is 9.57. The second-order valence-corrected chi connectivity index (χ2v) is 7.27. The highest BCUT2D eigenvalue weighted by Gasteiger charge is 2.33. The second-order valence-electron chi connectivity index (χ2n) is 7.27. The average Bonchev–Trinajstić information content (AvgIpc) is 3.18. The summed E-state index contributed by atoms with van der Waals surface area (Å²) in [5, 5.41) is 9.93. The maximum Gasteiger partial charge on any atom is 0.237 e. The first-order chi connectivity index (χ1) is 13.6. The molecular formula is C20H25N5O3. The first kappa shape index (κ1) is 18.5. The molecule has 1 aromatic carbocycles. The van der Waals surface area contributed by atoms with Crippen LogP contribution in [0.3, 0.4) is 0 Å². The Morgan fingerprint density at radius 1 is 1.36 bits per heavy atom. The van der Waals surface area contributed by atoms with Gasteiger partial charge in [0.05, 0.1) is 25.8 Å². The number of rotatable bonds is 5. The van der Waals surface area contributed by atoms with Crippen LogP contribution in [0.5, 0.6) is 5.75 Å². The number of carbonyl (C=O) groups excluding carboxylic acids is 2. The van der Waals surface area contributed by atoms with Crippen LogP contribution in [0.25, 0.3) is 0 Å². The van der Waals surface area contributed by atoms with E-state index in [0.717, 1.165) is 29.0 Å². The highest BCUT2D eigenvalue weighted by Crippen LogP contribution is 2.21. The van der Waals surface area contributed by atoms with Gasteiger partial charge in [0.25, 0.3) is 0 Å². The van der Waals surface area contributed by atoms with Gasteiger partial charge in [-0.05, 0) is 17.7 Å². The normalized spacial score (nSPS) is 19.8. The number of ether oxygens (including phenoxy) is 1. The number of benzene rings is 1. The molecule has 148 valence electrons. The van der Waals surface area contributed by atoms with Crippen molar-refractivity contribution in [1.29, 1.82) is 0 Å². The van der Waals surface area contributed by atoms with Crippen LogP contribution in [0.4, 0.5) is 0 Å². The number of nitrogens with zero attached hydrogens (tertiary/aromatic N) is 3. The smallest absolute Gasteiger partial charge is 0.237 e. The summed E-state index contributed by atoms with van der Waals surface area (Å²) >= 11 is 0. The molecule has 1 atom stereocenters. The number of aromatic amines is 1. The number of piperazine rings is 1. The van der Waals surface area contributed by atoms with Crippen LogP contribution in [-0.4, -0.2) is 64.6 Å². The lowest BCUT2D eigenvalue weighted by Crippen LogP contribution is -2.56. The lowest BCUT2D eigenvalue weighted by Gasteiger charge is -2.36. The summed E-state index contributed by atoms with van der Waals surface area (Å²) in [5.41, 5.74) is 3.22. The van der Waals surface area contributed by atoms with Crippen LogP contribution in [0.15, 0.2) is 30.5 Å². The number of methoxy groups -OCH3 is 1. The Balaban J connectivity index is 1.44. The number of hydrogen-bond donors (Lipinski definition) is 2. The summed E-state index contributed by atoms with van der Waals surface area (Å²) in [7, 11) is 1.64. The maximum atomic E-state index is 12.9. The van der Waals surface area contributed by atoms with Gasteiger partial charge in [-0.15, -0.1) is 0 Å². The van der Waals surface area contributed by atoms with Crippen LogP contribution in [0.2, 0.25) is 0 Å². The fourth-order valence-electron chi connectivity index (χ4n) is 3.91. The van der Waals surface area contributed by atoms with E-state index in [1.165, 1.54) is 0 Å². The number of fused-ring (bicyclic) bond motifs is 1. The predicted molar refractivity (Wildman–Crippen MR) is 103 cm³/mol. The molecule has 4 rings (SSSR count). The summed E-state index contributed by atoms with van der Waals surface area (Å²) in [6, 6.07) is 7.36. The Hall–Kier alpha value is -2.87. The Bertz CT molecular complexity index is 865. The van der Waals surface area contributed by atoms with E-state index in [1.54, 1.807) is 13.3 Å². The fraction of sp³-hybridized carbons (Fsp3) is 0.450. The number of carbonyl (C=O) groups is 2. The van der Waals surface area contributed by atoms with Crippen molar-refractivity contribution >= 4 is 11.8 Å². The Morgan fingerprint density at radius 3 is 3.11 bits per heavy atom. The number of H-pyrrole nitrogens is 1. The van der Waals surface area contributed by atoms with E-state index < -0.39 is 6.04 Å². The molecule has 0 unspecified atom stereocenters. The van der Waals surface area contributed by atoms with Gasteiger partial charge in [0.15, 0.2) is 0 Å². The quantitative estimate of drug-likeness (QED) is 0.793. The van der Waals surface area contributed by atoms with E-state index in [1.807, 2.05) is 29.2 Å². The predicted octanol–water partition coefficient (Wildman–Crippen LogP) is 0.694. The van der Waals surface area contributed by atoms with Gasteiger partial charge in [-0.25, -0.2) is 0 Å². The molecular weight excluding hydrogens is 358 g/mol. The summed E-state index contributed by atoms with van der Waals surface area (Å²) in [6.07, 6.45) is 2.73. The van der Waals surface area contributed by atoms with Gasteiger partial charge in [-0.1, -0.05) is 12.1 Å². The zero-order valence-corrected chi connectivity index (χ0v) is 16.0. The molecule has 0 radical (unpaired) electrons. The topological polar surface area (TPSA) is 90.6 Å².